The molecule has 132 valence electrons. The van der Waals surface area contributed by atoms with Crippen molar-refractivity contribution in [1.82, 2.24) is 19.5 Å². The first-order valence-electron chi connectivity index (χ1n) is 8.97. The Balaban J connectivity index is 1.76. The van der Waals surface area contributed by atoms with Crippen LogP contribution in [0.25, 0.3) is 4.96 Å². The molecule has 1 N–H and O–H groups in total. The van der Waals surface area contributed by atoms with Gasteiger partial charge < -0.3 is 5.32 Å². The van der Waals surface area contributed by atoms with Crippen LogP contribution in [0.4, 0.5) is 5.13 Å². The zero-order chi connectivity index (χ0) is 17.1. The van der Waals surface area contributed by atoms with Crippen molar-refractivity contribution < 1.29 is 0 Å². The Morgan fingerprint density at radius 2 is 2.00 bits per heavy atom. The maximum absolute atomic E-state index is 12.0. The molecule has 1 saturated heterocycles. The molecule has 0 bridgehead atoms. The van der Waals surface area contributed by atoms with Gasteiger partial charge in [0.05, 0.1) is 0 Å². The molecule has 1 aliphatic heterocycles. The lowest BCUT2D eigenvalue weighted by atomic mass is 9.93. The van der Waals surface area contributed by atoms with E-state index in [-0.39, 0.29) is 5.56 Å². The van der Waals surface area contributed by atoms with E-state index in [1.807, 2.05) is 6.92 Å². The van der Waals surface area contributed by atoms with Crippen molar-refractivity contribution in [3.8, 4) is 0 Å². The first-order valence-corrected chi connectivity index (χ1v) is 9.79. The Hall–Kier alpha value is -1.47. The number of hydrogen-bond acceptors (Lipinski definition) is 6. The molecule has 7 heteroatoms. The highest BCUT2D eigenvalue weighted by Crippen LogP contribution is 2.24. The van der Waals surface area contributed by atoms with Crippen molar-refractivity contribution in [1.29, 1.82) is 0 Å². The van der Waals surface area contributed by atoms with Crippen molar-refractivity contribution in [2.45, 2.75) is 52.5 Å². The molecular weight excluding hydrogens is 322 g/mol. The average molecular weight is 350 g/mol. The summed E-state index contributed by atoms with van der Waals surface area (Å²) >= 11 is 1.45. The fourth-order valence-corrected chi connectivity index (χ4v) is 4.54. The molecule has 24 heavy (non-hydrogen) atoms. The third-order valence-electron chi connectivity index (χ3n) is 5.04. The van der Waals surface area contributed by atoms with Gasteiger partial charge in [0.15, 0.2) is 0 Å². The highest BCUT2D eigenvalue weighted by molar-refractivity contribution is 7.20. The Labute approximate surface area is 146 Å². The first kappa shape index (κ1) is 17.4. The number of fused-ring (bicyclic) bond motifs is 1. The van der Waals surface area contributed by atoms with Gasteiger partial charge in [-0.05, 0) is 38.8 Å². The van der Waals surface area contributed by atoms with Crippen LogP contribution in [-0.4, -0.2) is 45.2 Å². The van der Waals surface area contributed by atoms with E-state index >= 15 is 0 Å². The lowest BCUT2D eigenvalue weighted by molar-refractivity contribution is 0.175. The van der Waals surface area contributed by atoms with Gasteiger partial charge in [-0.1, -0.05) is 38.0 Å². The maximum Gasteiger partial charge on any atom is 0.275 e. The van der Waals surface area contributed by atoms with Crippen LogP contribution in [0.2, 0.25) is 0 Å². The molecule has 1 aliphatic rings. The number of hydrogen-bond donors (Lipinski definition) is 1. The van der Waals surface area contributed by atoms with Gasteiger partial charge in [-0.25, -0.2) is 4.98 Å². The highest BCUT2D eigenvalue weighted by atomic mass is 32.1. The fourth-order valence-electron chi connectivity index (χ4n) is 3.68. The van der Waals surface area contributed by atoms with Crippen molar-refractivity contribution in [2.75, 3.05) is 25.0 Å². The van der Waals surface area contributed by atoms with E-state index in [2.05, 4.69) is 34.1 Å². The number of likely N-dealkylation sites (tertiary alicyclic amines) is 1. The Morgan fingerprint density at radius 1 is 1.29 bits per heavy atom. The molecule has 1 atom stereocenters. The molecule has 0 aromatic carbocycles. The highest BCUT2D eigenvalue weighted by Gasteiger charge is 2.27. The molecule has 3 heterocycles. The quantitative estimate of drug-likeness (QED) is 0.833. The Bertz CT molecular complexity index is 728. The monoisotopic (exact) mass is 349 g/mol. The van der Waals surface area contributed by atoms with E-state index < -0.39 is 0 Å². The van der Waals surface area contributed by atoms with Crippen LogP contribution in [0, 0.1) is 12.8 Å². The number of anilines is 1. The van der Waals surface area contributed by atoms with E-state index in [9.17, 15) is 4.79 Å². The van der Waals surface area contributed by atoms with Gasteiger partial charge in [0.1, 0.15) is 0 Å². The molecule has 2 aromatic heterocycles. The molecular formula is C17H27N5OS. The Kier molecular flexibility index (Phi) is 5.50. The number of nitrogens with one attached hydrogen (secondary N) is 1. The van der Waals surface area contributed by atoms with Crippen LogP contribution in [0.5, 0.6) is 0 Å². The Morgan fingerprint density at radius 3 is 2.67 bits per heavy atom. The van der Waals surface area contributed by atoms with E-state index in [4.69, 9.17) is 0 Å². The smallest absolute Gasteiger partial charge is 0.275 e. The van der Waals surface area contributed by atoms with Gasteiger partial charge in [-0.15, -0.1) is 5.10 Å². The number of aryl methyl sites for hydroxylation is 1. The van der Waals surface area contributed by atoms with Crippen molar-refractivity contribution >= 4 is 21.4 Å². The van der Waals surface area contributed by atoms with Gasteiger partial charge >= 0.3 is 0 Å². The third-order valence-corrected chi connectivity index (χ3v) is 5.90. The van der Waals surface area contributed by atoms with Crippen LogP contribution < -0.4 is 10.9 Å². The summed E-state index contributed by atoms with van der Waals surface area (Å²) in [5.74, 6) is 0.688. The predicted octanol–water partition coefficient (Wildman–Crippen LogP) is 2.77. The van der Waals surface area contributed by atoms with Crippen LogP contribution in [0.1, 0.15) is 45.2 Å². The second-order valence-corrected chi connectivity index (χ2v) is 7.56. The van der Waals surface area contributed by atoms with Gasteiger partial charge in [0, 0.05) is 24.3 Å². The summed E-state index contributed by atoms with van der Waals surface area (Å²) in [5, 5.41) is 8.64. The molecule has 0 aliphatic carbocycles. The summed E-state index contributed by atoms with van der Waals surface area (Å²) in [6.45, 7) is 9.67. The summed E-state index contributed by atoms with van der Waals surface area (Å²) in [5.41, 5.74) is 0.625. The first-order chi connectivity index (χ1) is 11.6. The molecule has 1 fully saturated rings. The number of aromatic nitrogens is 3. The van der Waals surface area contributed by atoms with Gasteiger partial charge in [-0.3, -0.25) is 9.69 Å². The van der Waals surface area contributed by atoms with Gasteiger partial charge in [-0.2, -0.15) is 4.52 Å². The van der Waals surface area contributed by atoms with Gasteiger partial charge in [0.2, 0.25) is 10.1 Å². The van der Waals surface area contributed by atoms with Crippen molar-refractivity contribution in [3.63, 3.8) is 0 Å². The molecule has 6 nitrogen and oxygen atoms in total. The minimum absolute atomic E-state index is 0.113. The van der Waals surface area contributed by atoms with Crippen molar-refractivity contribution in [3.05, 3.63) is 22.1 Å². The van der Waals surface area contributed by atoms with E-state index in [0.717, 1.165) is 17.4 Å². The summed E-state index contributed by atoms with van der Waals surface area (Å²) < 4.78 is 1.39. The predicted molar refractivity (Wildman–Crippen MR) is 99.0 cm³/mol. The maximum atomic E-state index is 12.0. The van der Waals surface area contributed by atoms with Crippen LogP contribution in [0.15, 0.2) is 10.9 Å². The SMILES string of the molecule is CCC(CC)[C@H](CNc1nn2c(=O)cc(C)nc2s1)N1CCCC1. The number of nitrogens with zero attached hydrogens (tertiary/aromatic N) is 4. The molecule has 0 unspecified atom stereocenters. The van der Waals surface area contributed by atoms with E-state index in [1.165, 1.54) is 60.7 Å². The lowest BCUT2D eigenvalue weighted by Gasteiger charge is -2.33. The lowest BCUT2D eigenvalue weighted by Crippen LogP contribution is -2.43. The van der Waals surface area contributed by atoms with Crippen molar-refractivity contribution in [2.24, 2.45) is 5.92 Å². The summed E-state index contributed by atoms with van der Waals surface area (Å²) in [7, 11) is 0. The molecule has 3 rings (SSSR count). The average Bonchev–Trinajstić information content (AvgIpc) is 3.20. The second kappa shape index (κ2) is 7.61. The zero-order valence-electron chi connectivity index (χ0n) is 14.8. The molecule has 0 saturated carbocycles. The van der Waals surface area contributed by atoms with Gasteiger partial charge in [0.25, 0.3) is 5.56 Å². The van der Waals surface area contributed by atoms with Crippen LogP contribution >= 0.6 is 11.3 Å². The van der Waals surface area contributed by atoms with E-state index in [0.29, 0.717) is 16.9 Å². The second-order valence-electron chi connectivity index (χ2n) is 6.61. The normalized spacial score (nSPS) is 17.0. The van der Waals surface area contributed by atoms with Crippen LogP contribution in [0.3, 0.4) is 0 Å². The summed E-state index contributed by atoms with van der Waals surface area (Å²) in [6, 6.07) is 2.05. The summed E-state index contributed by atoms with van der Waals surface area (Å²) in [4.78, 5) is 19.7. The summed E-state index contributed by atoms with van der Waals surface area (Å²) in [6.07, 6.45) is 4.99. The topological polar surface area (TPSA) is 62.5 Å². The molecule has 0 radical (unpaired) electrons. The zero-order valence-corrected chi connectivity index (χ0v) is 15.6. The standard InChI is InChI=1S/C17H27N5OS/c1-4-13(5-2)14(21-8-6-7-9-21)11-18-16-20-22-15(23)10-12(3)19-17(22)24-16/h10,13-14H,4-9,11H2,1-3H3,(H,18,20)/t14-/m0/s1. The largest absolute Gasteiger partial charge is 0.358 e. The molecule has 2 aromatic rings. The fraction of sp³-hybridized carbons (Fsp3) is 0.706. The minimum Gasteiger partial charge on any atom is -0.358 e. The molecule has 0 spiro atoms. The third kappa shape index (κ3) is 3.62. The van der Waals surface area contributed by atoms with Crippen LogP contribution in [-0.2, 0) is 0 Å². The molecule has 0 amide bonds. The number of rotatable bonds is 7. The van der Waals surface area contributed by atoms with E-state index in [1.54, 1.807) is 0 Å². The minimum atomic E-state index is -0.113.